The van der Waals surface area contributed by atoms with Gasteiger partial charge in [0.15, 0.2) is 5.82 Å². The lowest BCUT2D eigenvalue weighted by Gasteiger charge is -2.32. The first-order chi connectivity index (χ1) is 9.02. The highest BCUT2D eigenvalue weighted by molar-refractivity contribution is 5.93. The quantitative estimate of drug-likeness (QED) is 0.872. The number of aromatic nitrogens is 1. The minimum atomic E-state index is -0.916. The van der Waals surface area contributed by atoms with Crippen molar-refractivity contribution in [1.82, 2.24) is 5.16 Å². The van der Waals surface area contributed by atoms with Crippen LogP contribution in [-0.2, 0) is 9.59 Å². The lowest BCUT2D eigenvalue weighted by Crippen LogP contribution is -2.37. The molecule has 2 N–H and O–H groups in total. The van der Waals surface area contributed by atoms with E-state index in [1.165, 1.54) is 0 Å². The number of carbonyl (C=O) groups is 2. The summed E-state index contributed by atoms with van der Waals surface area (Å²) in [7, 11) is 0. The van der Waals surface area contributed by atoms with E-state index in [0.29, 0.717) is 24.4 Å². The molecule has 1 aliphatic carbocycles. The van der Waals surface area contributed by atoms with Crippen LogP contribution in [0.1, 0.15) is 44.3 Å². The zero-order valence-corrected chi connectivity index (χ0v) is 10.9. The van der Waals surface area contributed by atoms with Crippen molar-refractivity contribution < 1.29 is 19.2 Å². The molecule has 0 aromatic carbocycles. The number of rotatable bonds is 4. The fraction of sp³-hybridized carbons (Fsp3) is 0.615. The van der Waals surface area contributed by atoms with Gasteiger partial charge in [0.1, 0.15) is 5.76 Å². The molecule has 6 heteroatoms. The molecule has 0 aliphatic heterocycles. The summed E-state index contributed by atoms with van der Waals surface area (Å²) >= 11 is 0. The van der Waals surface area contributed by atoms with E-state index in [1.54, 1.807) is 13.0 Å². The molecule has 6 nitrogen and oxygen atoms in total. The Morgan fingerprint density at radius 3 is 2.63 bits per heavy atom. The number of hydrogen-bond donors (Lipinski definition) is 2. The Morgan fingerprint density at radius 2 is 2.11 bits per heavy atom. The minimum absolute atomic E-state index is 0.00571. The second-order valence-electron chi connectivity index (χ2n) is 5.19. The summed E-state index contributed by atoms with van der Waals surface area (Å²) in [5.41, 5.74) is -0.916. The Bertz CT molecular complexity index is 475. The first kappa shape index (κ1) is 13.6. The summed E-state index contributed by atoms with van der Waals surface area (Å²) in [5, 5.41) is 15.6. The molecular weight excluding hydrogens is 248 g/mol. The number of hydrogen-bond acceptors (Lipinski definition) is 4. The van der Waals surface area contributed by atoms with E-state index in [4.69, 9.17) is 4.52 Å². The third kappa shape index (κ3) is 3.13. The van der Waals surface area contributed by atoms with Gasteiger partial charge < -0.3 is 14.9 Å². The minimum Gasteiger partial charge on any atom is -0.481 e. The number of nitrogens with zero attached hydrogens (tertiary/aromatic N) is 1. The van der Waals surface area contributed by atoms with Crippen molar-refractivity contribution in [2.75, 3.05) is 5.32 Å². The molecule has 0 spiro atoms. The van der Waals surface area contributed by atoms with Crippen LogP contribution in [0.15, 0.2) is 10.6 Å². The lowest BCUT2D eigenvalue weighted by atomic mass is 9.71. The molecular formula is C13H18N2O4. The second-order valence-corrected chi connectivity index (χ2v) is 5.19. The second kappa shape index (κ2) is 5.42. The van der Waals surface area contributed by atoms with Crippen LogP contribution in [-0.4, -0.2) is 22.1 Å². The molecule has 104 valence electrons. The third-order valence-electron chi connectivity index (χ3n) is 3.66. The number of amides is 1. The number of carboxylic acid groups (broad SMARTS) is 1. The molecule has 1 aromatic rings. The van der Waals surface area contributed by atoms with Crippen molar-refractivity contribution in [2.24, 2.45) is 5.41 Å². The fourth-order valence-electron chi connectivity index (χ4n) is 2.61. The van der Waals surface area contributed by atoms with Crippen LogP contribution < -0.4 is 5.32 Å². The van der Waals surface area contributed by atoms with E-state index in [-0.39, 0.29) is 12.3 Å². The molecule has 19 heavy (non-hydrogen) atoms. The highest BCUT2D eigenvalue weighted by atomic mass is 16.5. The van der Waals surface area contributed by atoms with Crippen LogP contribution in [0.5, 0.6) is 0 Å². The van der Waals surface area contributed by atoms with Gasteiger partial charge in [-0.3, -0.25) is 9.59 Å². The average molecular weight is 266 g/mol. The Kier molecular flexibility index (Phi) is 3.87. The average Bonchev–Trinajstić information content (AvgIpc) is 2.75. The number of anilines is 1. The van der Waals surface area contributed by atoms with Crippen LogP contribution in [0.4, 0.5) is 5.82 Å². The van der Waals surface area contributed by atoms with E-state index < -0.39 is 11.4 Å². The van der Waals surface area contributed by atoms with Crippen LogP contribution >= 0.6 is 0 Å². The molecule has 0 bridgehead atoms. The largest absolute Gasteiger partial charge is 0.481 e. The monoisotopic (exact) mass is 266 g/mol. The van der Waals surface area contributed by atoms with Crippen molar-refractivity contribution in [3.05, 3.63) is 11.8 Å². The Hall–Kier alpha value is -1.85. The molecule has 1 aromatic heterocycles. The van der Waals surface area contributed by atoms with Crippen LogP contribution in [0.2, 0.25) is 0 Å². The molecule has 1 aliphatic rings. The summed E-state index contributed by atoms with van der Waals surface area (Å²) < 4.78 is 4.85. The topological polar surface area (TPSA) is 92.4 Å². The maximum Gasteiger partial charge on any atom is 0.310 e. The van der Waals surface area contributed by atoms with Crippen molar-refractivity contribution in [3.8, 4) is 0 Å². The summed E-state index contributed by atoms with van der Waals surface area (Å²) in [6.45, 7) is 1.72. The Balaban J connectivity index is 2.01. The maximum absolute atomic E-state index is 11.9. The summed E-state index contributed by atoms with van der Waals surface area (Å²) in [4.78, 5) is 23.4. The standard InChI is InChI=1S/C13H18N2O4/c1-9-7-10(15-19-9)14-11(16)8-13(12(17)18)5-3-2-4-6-13/h7H,2-6,8H2,1H3,(H,17,18)(H,14,15,16). The van der Waals surface area contributed by atoms with Gasteiger partial charge in [0, 0.05) is 12.5 Å². The summed E-state index contributed by atoms with van der Waals surface area (Å²) in [5.74, 6) is -0.268. The van der Waals surface area contributed by atoms with E-state index in [9.17, 15) is 14.7 Å². The summed E-state index contributed by atoms with van der Waals surface area (Å²) in [6, 6.07) is 1.60. The van der Waals surface area contributed by atoms with Crippen molar-refractivity contribution in [1.29, 1.82) is 0 Å². The molecule has 1 heterocycles. The molecule has 0 saturated heterocycles. The van der Waals surface area contributed by atoms with Crippen LogP contribution in [0.25, 0.3) is 0 Å². The summed E-state index contributed by atoms with van der Waals surface area (Å²) in [6.07, 6.45) is 3.89. The Morgan fingerprint density at radius 1 is 1.42 bits per heavy atom. The molecule has 1 fully saturated rings. The third-order valence-corrected chi connectivity index (χ3v) is 3.66. The smallest absolute Gasteiger partial charge is 0.310 e. The highest BCUT2D eigenvalue weighted by Crippen LogP contribution is 2.39. The number of aryl methyl sites for hydroxylation is 1. The lowest BCUT2D eigenvalue weighted by molar-refractivity contribution is -0.153. The zero-order chi connectivity index (χ0) is 13.9. The molecule has 0 unspecified atom stereocenters. The van der Waals surface area contributed by atoms with Crippen molar-refractivity contribution in [2.45, 2.75) is 45.4 Å². The van der Waals surface area contributed by atoms with Gasteiger partial charge in [-0.05, 0) is 19.8 Å². The first-order valence-electron chi connectivity index (χ1n) is 6.48. The zero-order valence-electron chi connectivity index (χ0n) is 10.9. The van der Waals surface area contributed by atoms with E-state index >= 15 is 0 Å². The molecule has 0 atom stereocenters. The van der Waals surface area contributed by atoms with Gasteiger partial charge in [0.25, 0.3) is 0 Å². The molecule has 1 saturated carbocycles. The number of nitrogens with one attached hydrogen (secondary N) is 1. The Labute approximate surface area is 111 Å². The maximum atomic E-state index is 11.9. The molecule has 0 radical (unpaired) electrons. The normalized spacial score (nSPS) is 17.9. The van der Waals surface area contributed by atoms with Gasteiger partial charge in [-0.1, -0.05) is 24.4 Å². The predicted octanol–water partition coefficient (Wildman–Crippen LogP) is 2.35. The van der Waals surface area contributed by atoms with Crippen LogP contribution in [0, 0.1) is 12.3 Å². The van der Waals surface area contributed by atoms with E-state index in [0.717, 1.165) is 19.3 Å². The predicted molar refractivity (Wildman–Crippen MR) is 67.6 cm³/mol. The van der Waals surface area contributed by atoms with Crippen molar-refractivity contribution in [3.63, 3.8) is 0 Å². The van der Waals surface area contributed by atoms with Gasteiger partial charge in [-0.2, -0.15) is 0 Å². The van der Waals surface area contributed by atoms with Crippen molar-refractivity contribution >= 4 is 17.7 Å². The SMILES string of the molecule is Cc1cc(NC(=O)CC2(C(=O)O)CCCCC2)no1. The number of carbonyl (C=O) groups excluding carboxylic acids is 1. The highest BCUT2D eigenvalue weighted by Gasteiger charge is 2.41. The van der Waals surface area contributed by atoms with Gasteiger partial charge in [0.05, 0.1) is 5.41 Å². The number of carboxylic acids is 1. The molecule has 2 rings (SSSR count). The van der Waals surface area contributed by atoms with Gasteiger partial charge >= 0.3 is 5.97 Å². The molecule has 1 amide bonds. The van der Waals surface area contributed by atoms with Gasteiger partial charge in [-0.15, -0.1) is 0 Å². The number of aliphatic carboxylic acids is 1. The van der Waals surface area contributed by atoms with E-state index in [2.05, 4.69) is 10.5 Å². The van der Waals surface area contributed by atoms with Gasteiger partial charge in [0.2, 0.25) is 5.91 Å². The van der Waals surface area contributed by atoms with E-state index in [1.807, 2.05) is 0 Å². The van der Waals surface area contributed by atoms with Crippen LogP contribution in [0.3, 0.4) is 0 Å². The van der Waals surface area contributed by atoms with Gasteiger partial charge in [-0.25, -0.2) is 0 Å². The first-order valence-corrected chi connectivity index (χ1v) is 6.48. The fourth-order valence-corrected chi connectivity index (χ4v) is 2.61.